The van der Waals surface area contributed by atoms with E-state index in [-0.39, 0.29) is 17.9 Å². The Bertz CT molecular complexity index is 421. The van der Waals surface area contributed by atoms with Crippen LogP contribution in [0.1, 0.15) is 19.4 Å². The molecule has 0 saturated carbocycles. The summed E-state index contributed by atoms with van der Waals surface area (Å²) in [6.07, 6.45) is 0.758. The Balaban J connectivity index is 2.87. The van der Waals surface area contributed by atoms with Gasteiger partial charge in [-0.3, -0.25) is 4.79 Å². The lowest BCUT2D eigenvalue weighted by Gasteiger charge is -2.13. The first kappa shape index (κ1) is 15.8. The van der Waals surface area contributed by atoms with Crippen LogP contribution in [0.5, 0.6) is 5.75 Å². The van der Waals surface area contributed by atoms with E-state index in [0.29, 0.717) is 18.0 Å². The Hall–Kier alpha value is -1.26. The molecule has 106 valence electrons. The number of rotatable bonds is 7. The van der Waals surface area contributed by atoms with Gasteiger partial charge in [0.1, 0.15) is 12.4 Å². The van der Waals surface area contributed by atoms with Gasteiger partial charge in [0, 0.05) is 12.5 Å². The van der Waals surface area contributed by atoms with Crippen LogP contribution in [0.2, 0.25) is 0 Å². The summed E-state index contributed by atoms with van der Waals surface area (Å²) in [7, 11) is 1.48. The van der Waals surface area contributed by atoms with Crippen LogP contribution in [-0.4, -0.2) is 31.6 Å². The minimum Gasteiger partial charge on any atom is -0.492 e. The van der Waals surface area contributed by atoms with Gasteiger partial charge in [0.2, 0.25) is 5.91 Å². The molecule has 0 aliphatic heterocycles. The molecule has 0 aromatic heterocycles. The van der Waals surface area contributed by atoms with Crippen molar-refractivity contribution in [3.05, 3.63) is 23.8 Å². The van der Waals surface area contributed by atoms with E-state index < -0.39 is 0 Å². The standard InChI is InChI=1S/C14H20ClNO3/c1-4-19-13-8-11(7-10(2)15)5-6-12(13)16-14(17)9-18-3/h5-6,8,10H,4,7,9H2,1-3H3,(H,16,17). The fourth-order valence-electron chi connectivity index (χ4n) is 1.71. The molecule has 0 spiro atoms. The maximum absolute atomic E-state index is 11.5. The first-order chi connectivity index (χ1) is 9.06. The number of nitrogens with one attached hydrogen (secondary N) is 1. The van der Waals surface area contributed by atoms with Crippen LogP contribution < -0.4 is 10.1 Å². The van der Waals surface area contributed by atoms with Crippen molar-refractivity contribution in [1.29, 1.82) is 0 Å². The number of hydrogen-bond donors (Lipinski definition) is 1. The number of ether oxygens (including phenoxy) is 2. The molecule has 19 heavy (non-hydrogen) atoms. The number of hydrogen-bond acceptors (Lipinski definition) is 3. The van der Waals surface area contributed by atoms with Gasteiger partial charge in [-0.25, -0.2) is 0 Å². The minimum absolute atomic E-state index is 0.0199. The smallest absolute Gasteiger partial charge is 0.250 e. The van der Waals surface area contributed by atoms with Crippen LogP contribution in [0.15, 0.2) is 18.2 Å². The topological polar surface area (TPSA) is 47.6 Å². The second kappa shape index (κ2) is 8.02. The quantitative estimate of drug-likeness (QED) is 0.784. The Morgan fingerprint density at radius 3 is 2.79 bits per heavy atom. The Labute approximate surface area is 119 Å². The van der Waals surface area contributed by atoms with Crippen molar-refractivity contribution < 1.29 is 14.3 Å². The molecule has 0 bridgehead atoms. The van der Waals surface area contributed by atoms with Crippen LogP contribution in [0.25, 0.3) is 0 Å². The highest BCUT2D eigenvalue weighted by Crippen LogP contribution is 2.27. The highest BCUT2D eigenvalue weighted by Gasteiger charge is 2.09. The molecule has 0 fully saturated rings. The molecule has 1 atom stereocenters. The number of carbonyl (C=O) groups is 1. The monoisotopic (exact) mass is 285 g/mol. The third-order valence-corrected chi connectivity index (χ3v) is 2.57. The molecule has 0 aliphatic carbocycles. The second-order valence-electron chi connectivity index (χ2n) is 4.23. The molecule has 1 amide bonds. The zero-order chi connectivity index (χ0) is 14.3. The summed E-state index contributed by atoms with van der Waals surface area (Å²) in [6, 6.07) is 5.67. The maximum atomic E-state index is 11.5. The van der Waals surface area contributed by atoms with Crippen LogP contribution >= 0.6 is 11.6 Å². The lowest BCUT2D eigenvalue weighted by Crippen LogP contribution is -2.17. The van der Waals surface area contributed by atoms with E-state index in [1.54, 1.807) is 0 Å². The van der Waals surface area contributed by atoms with Gasteiger partial charge in [-0.15, -0.1) is 11.6 Å². The lowest BCUT2D eigenvalue weighted by atomic mass is 10.1. The molecular weight excluding hydrogens is 266 g/mol. The van der Waals surface area contributed by atoms with Gasteiger partial charge in [0.15, 0.2) is 0 Å². The summed E-state index contributed by atoms with van der Waals surface area (Å²) < 4.78 is 10.3. The third-order valence-electron chi connectivity index (χ3n) is 2.41. The Morgan fingerprint density at radius 2 is 2.21 bits per heavy atom. The predicted octanol–water partition coefficient (Wildman–Crippen LogP) is 2.84. The average Bonchev–Trinajstić information content (AvgIpc) is 2.32. The first-order valence-corrected chi connectivity index (χ1v) is 6.69. The largest absolute Gasteiger partial charge is 0.492 e. The van der Waals surface area contributed by atoms with Crippen molar-refractivity contribution in [3.63, 3.8) is 0 Å². The summed E-state index contributed by atoms with van der Waals surface area (Å²) in [5.74, 6) is 0.448. The van der Waals surface area contributed by atoms with Gasteiger partial charge in [-0.2, -0.15) is 0 Å². The van der Waals surface area contributed by atoms with E-state index in [0.717, 1.165) is 12.0 Å². The van der Waals surface area contributed by atoms with Gasteiger partial charge in [-0.1, -0.05) is 6.07 Å². The zero-order valence-electron chi connectivity index (χ0n) is 11.5. The number of methoxy groups -OCH3 is 1. The fourth-order valence-corrected chi connectivity index (χ4v) is 1.89. The summed E-state index contributed by atoms with van der Waals surface area (Å²) in [5, 5.41) is 2.81. The fraction of sp³-hybridized carbons (Fsp3) is 0.500. The van der Waals surface area contributed by atoms with Gasteiger partial charge >= 0.3 is 0 Å². The Kier molecular flexibility index (Phi) is 6.67. The maximum Gasteiger partial charge on any atom is 0.250 e. The number of halogens is 1. The van der Waals surface area contributed by atoms with E-state index >= 15 is 0 Å². The van der Waals surface area contributed by atoms with E-state index in [2.05, 4.69) is 5.32 Å². The molecule has 5 heteroatoms. The number of carbonyl (C=O) groups excluding carboxylic acids is 1. The normalized spacial score (nSPS) is 12.0. The predicted molar refractivity (Wildman–Crippen MR) is 77.1 cm³/mol. The molecule has 1 aromatic rings. The first-order valence-electron chi connectivity index (χ1n) is 6.25. The van der Waals surface area contributed by atoms with E-state index in [1.165, 1.54) is 7.11 Å². The van der Waals surface area contributed by atoms with Crippen LogP contribution in [0.4, 0.5) is 5.69 Å². The summed E-state index contributed by atoms with van der Waals surface area (Å²) in [4.78, 5) is 11.5. The van der Waals surface area contributed by atoms with Gasteiger partial charge in [0.25, 0.3) is 0 Å². The minimum atomic E-state index is -0.207. The van der Waals surface area contributed by atoms with Crippen molar-refractivity contribution in [2.75, 3.05) is 25.6 Å². The molecule has 0 aliphatic rings. The van der Waals surface area contributed by atoms with Gasteiger partial charge in [-0.05, 0) is 38.0 Å². The van der Waals surface area contributed by atoms with Crippen LogP contribution in [-0.2, 0) is 16.0 Å². The Morgan fingerprint density at radius 1 is 1.47 bits per heavy atom. The molecule has 1 aromatic carbocycles. The summed E-state index contributed by atoms with van der Waals surface area (Å²) in [6.45, 7) is 4.40. The molecule has 1 rings (SSSR count). The number of amides is 1. The van der Waals surface area contributed by atoms with Crippen molar-refractivity contribution >= 4 is 23.2 Å². The summed E-state index contributed by atoms with van der Waals surface area (Å²) >= 11 is 5.98. The lowest BCUT2D eigenvalue weighted by molar-refractivity contribution is -0.119. The van der Waals surface area contributed by atoms with Crippen LogP contribution in [0.3, 0.4) is 0 Å². The third kappa shape index (κ3) is 5.49. The average molecular weight is 286 g/mol. The van der Waals surface area contributed by atoms with Crippen molar-refractivity contribution in [3.8, 4) is 5.75 Å². The molecule has 1 unspecified atom stereocenters. The van der Waals surface area contributed by atoms with Crippen LogP contribution in [0, 0.1) is 0 Å². The molecule has 1 N–H and O–H groups in total. The SMILES string of the molecule is CCOc1cc(CC(C)Cl)ccc1NC(=O)COC. The molecular formula is C14H20ClNO3. The second-order valence-corrected chi connectivity index (χ2v) is 4.97. The summed E-state index contributed by atoms with van der Waals surface area (Å²) in [5.41, 5.74) is 1.73. The number of anilines is 1. The van der Waals surface area contributed by atoms with Crippen molar-refractivity contribution in [1.82, 2.24) is 0 Å². The highest BCUT2D eigenvalue weighted by atomic mass is 35.5. The number of alkyl halides is 1. The van der Waals surface area contributed by atoms with Gasteiger partial charge < -0.3 is 14.8 Å². The molecule has 4 nitrogen and oxygen atoms in total. The highest BCUT2D eigenvalue weighted by molar-refractivity contribution is 6.20. The van der Waals surface area contributed by atoms with Crippen molar-refractivity contribution in [2.45, 2.75) is 25.6 Å². The molecule has 0 heterocycles. The molecule has 0 radical (unpaired) electrons. The zero-order valence-corrected chi connectivity index (χ0v) is 12.3. The van der Waals surface area contributed by atoms with Gasteiger partial charge in [0.05, 0.1) is 12.3 Å². The van der Waals surface area contributed by atoms with E-state index in [4.69, 9.17) is 21.1 Å². The van der Waals surface area contributed by atoms with Crippen molar-refractivity contribution in [2.24, 2.45) is 0 Å². The van der Waals surface area contributed by atoms with E-state index in [1.807, 2.05) is 32.0 Å². The van der Waals surface area contributed by atoms with E-state index in [9.17, 15) is 4.79 Å². The molecule has 0 saturated heterocycles. The number of benzene rings is 1.